The van der Waals surface area contributed by atoms with Crippen LogP contribution in [0.25, 0.3) is 0 Å². The predicted molar refractivity (Wildman–Crippen MR) is 81.8 cm³/mol. The Labute approximate surface area is 120 Å². The van der Waals surface area contributed by atoms with E-state index < -0.39 is 0 Å². The van der Waals surface area contributed by atoms with Gasteiger partial charge in [-0.1, -0.05) is 38.5 Å². The predicted octanol–water partition coefficient (Wildman–Crippen LogP) is 4.90. The van der Waals surface area contributed by atoms with Gasteiger partial charge in [-0.15, -0.1) is 0 Å². The summed E-state index contributed by atoms with van der Waals surface area (Å²) in [4.78, 5) is 10.7. The number of rotatable bonds is 3. The molecule has 0 saturated carbocycles. The van der Waals surface area contributed by atoms with Crippen molar-refractivity contribution in [1.82, 2.24) is 0 Å². The number of carbonyl (C=O) groups is 1. The van der Waals surface area contributed by atoms with Crippen molar-refractivity contribution in [3.8, 4) is 11.5 Å². The van der Waals surface area contributed by atoms with Gasteiger partial charge in [0.2, 0.25) is 0 Å². The Balaban J connectivity index is 2.35. The second-order valence-corrected chi connectivity index (χ2v) is 6.04. The zero-order valence-electron chi connectivity index (χ0n) is 12.4. The molecule has 0 saturated heterocycles. The lowest BCUT2D eigenvalue weighted by Crippen LogP contribution is -2.12. The fourth-order valence-electron chi connectivity index (χ4n) is 2.06. The zero-order chi connectivity index (χ0) is 14.8. The summed E-state index contributed by atoms with van der Waals surface area (Å²) in [5.74, 6) is 1.60. The summed E-state index contributed by atoms with van der Waals surface area (Å²) in [5, 5.41) is 0. The Morgan fingerprint density at radius 2 is 1.65 bits per heavy atom. The zero-order valence-corrected chi connectivity index (χ0v) is 12.4. The minimum Gasteiger partial charge on any atom is -0.457 e. The van der Waals surface area contributed by atoms with Crippen LogP contribution in [-0.4, -0.2) is 6.29 Å². The van der Waals surface area contributed by atoms with E-state index in [0.717, 1.165) is 17.8 Å². The van der Waals surface area contributed by atoms with Gasteiger partial charge >= 0.3 is 0 Å². The standard InChI is InChI=1S/C18H20O2/c1-13-5-10-17(16(11-13)18(2,3)4)20-15-8-6-14(12-19)7-9-15/h5-12H,1-4H3. The third kappa shape index (κ3) is 3.27. The lowest BCUT2D eigenvalue weighted by Gasteiger charge is -2.23. The number of benzene rings is 2. The highest BCUT2D eigenvalue weighted by atomic mass is 16.5. The molecule has 0 aliphatic heterocycles. The molecule has 0 N–H and O–H groups in total. The largest absolute Gasteiger partial charge is 0.457 e. The lowest BCUT2D eigenvalue weighted by molar-refractivity contribution is 0.112. The SMILES string of the molecule is Cc1ccc(Oc2ccc(C=O)cc2)c(C(C)(C)C)c1. The van der Waals surface area contributed by atoms with E-state index in [1.54, 1.807) is 12.1 Å². The molecule has 2 rings (SSSR count). The molecule has 0 spiro atoms. The fraction of sp³-hybridized carbons (Fsp3) is 0.278. The molecule has 2 heteroatoms. The average Bonchev–Trinajstić information content (AvgIpc) is 2.40. The molecular weight excluding hydrogens is 248 g/mol. The maximum atomic E-state index is 10.7. The van der Waals surface area contributed by atoms with Gasteiger partial charge in [0.25, 0.3) is 0 Å². The van der Waals surface area contributed by atoms with E-state index in [2.05, 4.69) is 33.8 Å². The number of hydrogen-bond donors (Lipinski definition) is 0. The van der Waals surface area contributed by atoms with Crippen molar-refractivity contribution in [2.75, 3.05) is 0 Å². The van der Waals surface area contributed by atoms with Gasteiger partial charge in [-0.05, 0) is 42.7 Å². The van der Waals surface area contributed by atoms with E-state index in [-0.39, 0.29) is 5.41 Å². The molecule has 104 valence electrons. The first-order valence-corrected chi connectivity index (χ1v) is 6.74. The second-order valence-electron chi connectivity index (χ2n) is 6.04. The minimum atomic E-state index is 0.0179. The van der Waals surface area contributed by atoms with Gasteiger partial charge in [0.05, 0.1) is 0 Å². The Morgan fingerprint density at radius 3 is 2.20 bits per heavy atom. The highest BCUT2D eigenvalue weighted by Gasteiger charge is 2.19. The molecule has 20 heavy (non-hydrogen) atoms. The summed E-state index contributed by atoms with van der Waals surface area (Å²) < 4.78 is 5.97. The highest BCUT2D eigenvalue weighted by molar-refractivity contribution is 5.74. The Morgan fingerprint density at radius 1 is 1.00 bits per heavy atom. The molecular formula is C18H20O2. The maximum Gasteiger partial charge on any atom is 0.150 e. The van der Waals surface area contributed by atoms with Crippen molar-refractivity contribution >= 4 is 6.29 Å². The molecule has 0 fully saturated rings. The van der Waals surface area contributed by atoms with E-state index in [0.29, 0.717) is 5.56 Å². The van der Waals surface area contributed by atoms with Crippen LogP contribution in [0.3, 0.4) is 0 Å². The van der Waals surface area contributed by atoms with Crippen LogP contribution in [0.1, 0.15) is 42.3 Å². The van der Waals surface area contributed by atoms with Crippen molar-refractivity contribution < 1.29 is 9.53 Å². The minimum absolute atomic E-state index is 0.0179. The number of carbonyl (C=O) groups excluding carboxylic acids is 1. The van der Waals surface area contributed by atoms with Crippen LogP contribution in [-0.2, 0) is 5.41 Å². The van der Waals surface area contributed by atoms with Crippen molar-refractivity contribution in [2.45, 2.75) is 33.1 Å². The summed E-state index contributed by atoms with van der Waals surface area (Å²) >= 11 is 0. The molecule has 0 unspecified atom stereocenters. The lowest BCUT2D eigenvalue weighted by atomic mass is 9.85. The van der Waals surface area contributed by atoms with Crippen LogP contribution < -0.4 is 4.74 Å². The van der Waals surface area contributed by atoms with Crippen molar-refractivity contribution in [1.29, 1.82) is 0 Å². The number of aryl methyl sites for hydroxylation is 1. The quantitative estimate of drug-likeness (QED) is 0.740. The fourth-order valence-corrected chi connectivity index (χ4v) is 2.06. The molecule has 0 radical (unpaired) electrons. The summed E-state index contributed by atoms with van der Waals surface area (Å²) in [6.45, 7) is 8.59. The molecule has 2 aromatic carbocycles. The van der Waals surface area contributed by atoms with Gasteiger partial charge in [-0.2, -0.15) is 0 Å². The van der Waals surface area contributed by atoms with Gasteiger partial charge in [-0.25, -0.2) is 0 Å². The first kappa shape index (κ1) is 14.3. The van der Waals surface area contributed by atoms with Gasteiger partial charge < -0.3 is 4.74 Å². The average molecular weight is 268 g/mol. The van der Waals surface area contributed by atoms with E-state index >= 15 is 0 Å². The summed E-state index contributed by atoms with van der Waals surface area (Å²) in [6, 6.07) is 13.4. The molecule has 0 aliphatic rings. The van der Waals surface area contributed by atoms with Crippen LogP contribution >= 0.6 is 0 Å². The maximum absolute atomic E-state index is 10.7. The van der Waals surface area contributed by atoms with Crippen LogP contribution in [0, 0.1) is 6.92 Å². The number of ether oxygens (including phenoxy) is 1. The van der Waals surface area contributed by atoms with E-state index in [1.165, 1.54) is 11.1 Å². The Hall–Kier alpha value is -2.09. The topological polar surface area (TPSA) is 26.3 Å². The van der Waals surface area contributed by atoms with Gasteiger partial charge in [0.15, 0.2) is 0 Å². The summed E-state index contributed by atoms with van der Waals surface area (Å²) in [5.41, 5.74) is 3.07. The molecule has 0 aromatic heterocycles. The van der Waals surface area contributed by atoms with Gasteiger partial charge in [0, 0.05) is 11.1 Å². The molecule has 0 heterocycles. The number of aldehydes is 1. The first-order valence-electron chi connectivity index (χ1n) is 6.74. The van der Waals surface area contributed by atoms with E-state index in [9.17, 15) is 4.79 Å². The van der Waals surface area contributed by atoms with E-state index in [4.69, 9.17) is 4.74 Å². The summed E-state index contributed by atoms with van der Waals surface area (Å²) in [6.07, 6.45) is 0.830. The molecule has 0 bridgehead atoms. The molecule has 0 amide bonds. The molecule has 2 nitrogen and oxygen atoms in total. The Kier molecular flexibility index (Phi) is 3.93. The number of hydrogen-bond acceptors (Lipinski definition) is 2. The van der Waals surface area contributed by atoms with Gasteiger partial charge in [-0.3, -0.25) is 4.79 Å². The van der Waals surface area contributed by atoms with Crippen LogP contribution in [0.15, 0.2) is 42.5 Å². The van der Waals surface area contributed by atoms with Crippen molar-refractivity contribution in [2.24, 2.45) is 0 Å². The normalized spacial score (nSPS) is 11.2. The second kappa shape index (κ2) is 5.49. The molecule has 2 aromatic rings. The van der Waals surface area contributed by atoms with Crippen molar-refractivity contribution in [3.05, 3.63) is 59.2 Å². The molecule has 0 aliphatic carbocycles. The van der Waals surface area contributed by atoms with Crippen LogP contribution in [0.5, 0.6) is 11.5 Å². The van der Waals surface area contributed by atoms with Crippen LogP contribution in [0.4, 0.5) is 0 Å². The highest BCUT2D eigenvalue weighted by Crippen LogP contribution is 2.34. The Bertz CT molecular complexity index is 604. The monoisotopic (exact) mass is 268 g/mol. The van der Waals surface area contributed by atoms with Crippen molar-refractivity contribution in [3.63, 3.8) is 0 Å². The van der Waals surface area contributed by atoms with Crippen LogP contribution in [0.2, 0.25) is 0 Å². The van der Waals surface area contributed by atoms with E-state index in [1.807, 2.05) is 24.3 Å². The summed E-state index contributed by atoms with van der Waals surface area (Å²) in [7, 11) is 0. The van der Waals surface area contributed by atoms with Gasteiger partial charge in [0.1, 0.15) is 17.8 Å². The third-order valence-corrected chi connectivity index (χ3v) is 3.19. The smallest absolute Gasteiger partial charge is 0.150 e. The third-order valence-electron chi connectivity index (χ3n) is 3.19. The first-order chi connectivity index (χ1) is 9.40. The molecule has 0 atom stereocenters.